The molecule has 1 aromatic carbocycles. The molecule has 0 saturated carbocycles. The second-order valence-electron chi connectivity index (χ2n) is 8.52. The van der Waals surface area contributed by atoms with E-state index in [0.717, 1.165) is 15.3 Å². The van der Waals surface area contributed by atoms with E-state index < -0.39 is 36.7 Å². The van der Waals surface area contributed by atoms with Crippen LogP contribution < -0.4 is 5.73 Å². The van der Waals surface area contributed by atoms with E-state index in [-0.39, 0.29) is 6.61 Å². The standard InChI is InChI=1S/C23H24N6O4S/c1-11-26-22(29(28-11)14-8-16-21(25-9-14)27-12(2)34-16)20-18(30)17(24)19-15(32-20)10-31-23(33-19)13-6-4-3-5-7-13/h3-9,15,17-20,23,30H,10,24H2,1-2H3/t15?,17-,18?,19+,20-,23?/m1/s1. The van der Waals surface area contributed by atoms with Crippen molar-refractivity contribution in [2.75, 3.05) is 6.61 Å². The molecule has 6 rings (SSSR count). The first-order chi connectivity index (χ1) is 16.5. The molecule has 2 fully saturated rings. The van der Waals surface area contributed by atoms with Crippen molar-refractivity contribution < 1.29 is 19.3 Å². The number of benzene rings is 1. The van der Waals surface area contributed by atoms with E-state index in [4.69, 9.17) is 19.9 Å². The van der Waals surface area contributed by atoms with Crippen LogP contribution in [0.1, 0.15) is 34.6 Å². The minimum Gasteiger partial charge on any atom is -0.388 e. The Balaban J connectivity index is 1.30. The van der Waals surface area contributed by atoms with Gasteiger partial charge in [0.2, 0.25) is 0 Å². The summed E-state index contributed by atoms with van der Waals surface area (Å²) in [5, 5.41) is 16.6. The largest absolute Gasteiger partial charge is 0.388 e. The van der Waals surface area contributed by atoms with E-state index in [2.05, 4.69) is 20.1 Å². The smallest absolute Gasteiger partial charge is 0.184 e. The van der Waals surface area contributed by atoms with Gasteiger partial charge in [0.15, 0.2) is 17.8 Å². The van der Waals surface area contributed by atoms with E-state index in [1.54, 1.807) is 29.1 Å². The van der Waals surface area contributed by atoms with Gasteiger partial charge in [0, 0.05) is 5.56 Å². The number of rotatable bonds is 3. The monoisotopic (exact) mass is 480 g/mol. The predicted octanol–water partition coefficient (Wildman–Crippen LogP) is 2.13. The van der Waals surface area contributed by atoms with Gasteiger partial charge in [0.1, 0.15) is 30.2 Å². The zero-order valence-electron chi connectivity index (χ0n) is 18.6. The van der Waals surface area contributed by atoms with Gasteiger partial charge < -0.3 is 25.1 Å². The molecule has 176 valence electrons. The van der Waals surface area contributed by atoms with Crippen LogP contribution in [-0.2, 0) is 14.2 Å². The molecule has 5 heterocycles. The van der Waals surface area contributed by atoms with Crippen LogP contribution in [0.25, 0.3) is 16.0 Å². The summed E-state index contributed by atoms with van der Waals surface area (Å²) in [5.74, 6) is 0.994. The van der Waals surface area contributed by atoms with Crippen molar-refractivity contribution in [3.63, 3.8) is 0 Å². The molecule has 3 unspecified atom stereocenters. The minimum absolute atomic E-state index is 0.280. The highest BCUT2D eigenvalue weighted by Crippen LogP contribution is 2.38. The molecule has 0 bridgehead atoms. The van der Waals surface area contributed by atoms with Crippen molar-refractivity contribution in [2.45, 2.75) is 50.6 Å². The summed E-state index contributed by atoms with van der Waals surface area (Å²) in [5.41, 5.74) is 8.77. The van der Waals surface area contributed by atoms with Crippen molar-refractivity contribution in [1.29, 1.82) is 0 Å². The number of ether oxygens (including phenoxy) is 3. The molecule has 2 aliphatic heterocycles. The fourth-order valence-electron chi connectivity index (χ4n) is 4.50. The summed E-state index contributed by atoms with van der Waals surface area (Å²) < 4.78 is 20.9. The Labute approximate surface area is 199 Å². The Kier molecular flexibility index (Phi) is 5.40. The molecule has 4 aromatic rings. The number of nitrogens with two attached hydrogens (primary N) is 1. The molecule has 0 amide bonds. The quantitative estimate of drug-likeness (QED) is 0.453. The molecule has 0 spiro atoms. The molecule has 11 heteroatoms. The van der Waals surface area contributed by atoms with Crippen LogP contribution >= 0.6 is 11.3 Å². The van der Waals surface area contributed by atoms with Gasteiger partial charge in [-0.25, -0.2) is 19.6 Å². The second-order valence-corrected chi connectivity index (χ2v) is 9.75. The molecule has 6 atom stereocenters. The van der Waals surface area contributed by atoms with Gasteiger partial charge in [-0.3, -0.25) is 0 Å². The van der Waals surface area contributed by atoms with Gasteiger partial charge in [0.05, 0.1) is 34.2 Å². The number of aromatic nitrogens is 5. The highest BCUT2D eigenvalue weighted by atomic mass is 32.1. The number of fused-ring (bicyclic) bond motifs is 2. The lowest BCUT2D eigenvalue weighted by molar-refractivity contribution is -0.309. The molecular formula is C23H24N6O4S. The number of thiazole rings is 1. The number of hydrogen-bond donors (Lipinski definition) is 2. The summed E-state index contributed by atoms with van der Waals surface area (Å²) in [7, 11) is 0. The van der Waals surface area contributed by atoms with Crippen molar-refractivity contribution in [3.05, 3.63) is 64.8 Å². The molecule has 0 aliphatic carbocycles. The molecule has 3 aromatic heterocycles. The van der Waals surface area contributed by atoms with Crippen molar-refractivity contribution >= 4 is 21.7 Å². The van der Waals surface area contributed by atoms with Crippen LogP contribution in [0.4, 0.5) is 0 Å². The first-order valence-corrected chi connectivity index (χ1v) is 11.9. The molecule has 0 radical (unpaired) electrons. The van der Waals surface area contributed by atoms with Crippen LogP contribution in [0.15, 0.2) is 42.6 Å². The molecule has 2 saturated heterocycles. The molecule has 34 heavy (non-hydrogen) atoms. The third kappa shape index (κ3) is 3.70. The third-order valence-electron chi connectivity index (χ3n) is 6.11. The van der Waals surface area contributed by atoms with Gasteiger partial charge >= 0.3 is 0 Å². The molecule has 3 N–H and O–H groups in total. The summed E-state index contributed by atoms with van der Waals surface area (Å²) >= 11 is 1.55. The average Bonchev–Trinajstić information content (AvgIpc) is 3.42. The lowest BCUT2D eigenvalue weighted by atomic mass is 9.92. The highest BCUT2D eigenvalue weighted by Gasteiger charge is 2.49. The molecule has 10 nitrogen and oxygen atoms in total. The Hall–Kier alpha value is -2.80. The fraction of sp³-hybridized carbons (Fsp3) is 0.391. The zero-order valence-corrected chi connectivity index (χ0v) is 19.4. The number of hydrogen-bond acceptors (Lipinski definition) is 10. The van der Waals surface area contributed by atoms with Gasteiger partial charge in [-0.2, -0.15) is 5.10 Å². The second kappa shape index (κ2) is 8.45. The summed E-state index contributed by atoms with van der Waals surface area (Å²) in [4.78, 5) is 13.4. The van der Waals surface area contributed by atoms with Crippen LogP contribution in [-0.4, -0.2) is 60.8 Å². The van der Waals surface area contributed by atoms with Crippen LogP contribution in [0.3, 0.4) is 0 Å². The van der Waals surface area contributed by atoms with Gasteiger partial charge in [0.25, 0.3) is 0 Å². The Morgan fingerprint density at radius 3 is 2.79 bits per heavy atom. The van der Waals surface area contributed by atoms with Crippen molar-refractivity contribution in [2.24, 2.45) is 5.73 Å². The van der Waals surface area contributed by atoms with E-state index >= 15 is 0 Å². The number of aliphatic hydroxyl groups is 1. The maximum Gasteiger partial charge on any atom is 0.184 e. The maximum absolute atomic E-state index is 11.2. The first kappa shape index (κ1) is 21.7. The van der Waals surface area contributed by atoms with E-state index in [9.17, 15) is 5.11 Å². The van der Waals surface area contributed by atoms with E-state index in [1.165, 1.54) is 0 Å². The zero-order chi connectivity index (χ0) is 23.4. The summed E-state index contributed by atoms with van der Waals surface area (Å²) in [6.45, 7) is 4.01. The van der Waals surface area contributed by atoms with E-state index in [0.29, 0.717) is 23.0 Å². The van der Waals surface area contributed by atoms with Gasteiger partial charge in [-0.05, 0) is 19.9 Å². The Morgan fingerprint density at radius 2 is 1.97 bits per heavy atom. The lowest BCUT2D eigenvalue weighted by Crippen LogP contribution is -2.62. The number of aryl methyl sites for hydroxylation is 2. The maximum atomic E-state index is 11.2. The Morgan fingerprint density at radius 1 is 1.15 bits per heavy atom. The first-order valence-electron chi connectivity index (χ1n) is 11.1. The molecule has 2 aliphatic rings. The fourth-order valence-corrected chi connectivity index (χ4v) is 5.32. The van der Waals surface area contributed by atoms with Gasteiger partial charge in [-0.1, -0.05) is 30.3 Å². The van der Waals surface area contributed by atoms with Crippen LogP contribution in [0, 0.1) is 13.8 Å². The van der Waals surface area contributed by atoms with E-state index in [1.807, 2.05) is 43.3 Å². The number of aliphatic hydroxyl groups excluding tert-OH is 1. The molecular weight excluding hydrogens is 456 g/mol. The number of nitrogens with zero attached hydrogens (tertiary/aromatic N) is 5. The van der Waals surface area contributed by atoms with Crippen LogP contribution in [0.5, 0.6) is 0 Å². The highest BCUT2D eigenvalue weighted by molar-refractivity contribution is 7.18. The van der Waals surface area contributed by atoms with Gasteiger partial charge in [-0.15, -0.1) is 11.3 Å². The lowest BCUT2D eigenvalue weighted by Gasteiger charge is -2.46. The Bertz CT molecular complexity index is 1330. The minimum atomic E-state index is -1.06. The number of pyridine rings is 1. The SMILES string of the molecule is Cc1nc([C@@H]2OC3COC(c4ccccc4)O[C@@H]3[C@H](N)C2O)n(-c2cnc3nc(C)sc3c2)n1. The van der Waals surface area contributed by atoms with Crippen molar-refractivity contribution in [3.8, 4) is 5.69 Å². The van der Waals surface area contributed by atoms with Crippen molar-refractivity contribution in [1.82, 2.24) is 24.7 Å². The van der Waals surface area contributed by atoms with Crippen LogP contribution in [0.2, 0.25) is 0 Å². The third-order valence-corrected chi connectivity index (χ3v) is 7.02. The summed E-state index contributed by atoms with van der Waals surface area (Å²) in [6, 6.07) is 10.9. The normalized spacial score (nSPS) is 29.3. The topological polar surface area (TPSA) is 130 Å². The predicted molar refractivity (Wildman–Crippen MR) is 123 cm³/mol. The summed E-state index contributed by atoms with van der Waals surface area (Å²) in [6.07, 6.45) is -1.72. The average molecular weight is 481 g/mol.